The molecular formula is C33H37NO2. The number of carbonyl (C=O) groups is 1. The van der Waals surface area contributed by atoms with Crippen molar-refractivity contribution in [3.8, 4) is 11.1 Å². The number of fused-ring (bicyclic) bond motifs is 5. The van der Waals surface area contributed by atoms with E-state index in [1.807, 2.05) is 0 Å². The van der Waals surface area contributed by atoms with E-state index in [2.05, 4.69) is 59.5 Å². The zero-order chi connectivity index (χ0) is 23.9. The monoisotopic (exact) mass is 479 g/mol. The van der Waals surface area contributed by atoms with Crippen LogP contribution in [0, 0.1) is 23.2 Å². The van der Waals surface area contributed by atoms with E-state index in [-0.39, 0.29) is 18.1 Å². The van der Waals surface area contributed by atoms with Gasteiger partial charge in [0.05, 0.1) is 6.04 Å². The summed E-state index contributed by atoms with van der Waals surface area (Å²) < 4.78 is 6.16. The van der Waals surface area contributed by atoms with Crippen molar-refractivity contribution in [1.82, 2.24) is 4.90 Å². The molecule has 0 N–H and O–H groups in total. The lowest BCUT2D eigenvalue weighted by molar-refractivity contribution is -0.0383. The van der Waals surface area contributed by atoms with Crippen LogP contribution in [0.25, 0.3) is 11.1 Å². The van der Waals surface area contributed by atoms with Crippen LogP contribution in [0.3, 0.4) is 0 Å². The minimum atomic E-state index is -0.0904. The maximum atomic E-state index is 13.6. The average molecular weight is 480 g/mol. The number of piperidine rings is 1. The van der Waals surface area contributed by atoms with E-state index >= 15 is 0 Å². The molecule has 36 heavy (non-hydrogen) atoms. The van der Waals surface area contributed by atoms with Gasteiger partial charge in [-0.15, -0.1) is 0 Å². The van der Waals surface area contributed by atoms with Gasteiger partial charge < -0.3 is 4.74 Å². The molecule has 2 unspecified atom stereocenters. The number of rotatable bonds is 3. The zero-order valence-corrected chi connectivity index (χ0v) is 21.2. The number of amides is 1. The first-order valence-electron chi connectivity index (χ1n) is 14.5. The Morgan fingerprint density at radius 2 is 1.47 bits per heavy atom. The van der Waals surface area contributed by atoms with Crippen molar-refractivity contribution in [1.29, 1.82) is 0 Å². The second-order valence-corrected chi connectivity index (χ2v) is 13.0. The van der Waals surface area contributed by atoms with Gasteiger partial charge in [-0.05, 0) is 110 Å². The van der Waals surface area contributed by atoms with Crippen molar-refractivity contribution in [2.75, 3.05) is 6.61 Å². The molecule has 2 heterocycles. The van der Waals surface area contributed by atoms with Gasteiger partial charge in [-0.1, -0.05) is 60.2 Å². The van der Waals surface area contributed by atoms with Crippen molar-refractivity contribution in [3.05, 3.63) is 71.3 Å². The zero-order valence-electron chi connectivity index (χ0n) is 21.2. The third-order valence-electron chi connectivity index (χ3n) is 10.9. The highest BCUT2D eigenvalue weighted by Crippen LogP contribution is 2.64. The number of nitrogens with zero attached hydrogens (tertiary/aromatic N) is 1. The summed E-state index contributed by atoms with van der Waals surface area (Å²) in [5, 5.41) is 0. The van der Waals surface area contributed by atoms with E-state index in [0.717, 1.165) is 37.0 Å². The van der Waals surface area contributed by atoms with E-state index in [4.69, 9.17) is 4.74 Å². The van der Waals surface area contributed by atoms with Gasteiger partial charge in [0.1, 0.15) is 6.61 Å². The fraction of sp³-hybridized carbons (Fsp3) is 0.545. The molecule has 2 aliphatic heterocycles. The van der Waals surface area contributed by atoms with Gasteiger partial charge in [0.15, 0.2) is 0 Å². The molecule has 2 aromatic rings. The van der Waals surface area contributed by atoms with Gasteiger partial charge in [0.25, 0.3) is 0 Å². The van der Waals surface area contributed by atoms with Crippen molar-refractivity contribution in [3.63, 3.8) is 0 Å². The lowest BCUT2D eigenvalue weighted by Crippen LogP contribution is -2.55. The Kier molecular flexibility index (Phi) is 4.77. The van der Waals surface area contributed by atoms with Crippen LogP contribution in [0.2, 0.25) is 0 Å². The first kappa shape index (κ1) is 21.5. The molecule has 6 bridgehead atoms. The van der Waals surface area contributed by atoms with Crippen molar-refractivity contribution < 1.29 is 9.53 Å². The largest absolute Gasteiger partial charge is 0.448 e. The molecule has 4 saturated carbocycles. The summed E-state index contributed by atoms with van der Waals surface area (Å²) in [6.07, 6.45) is 15.8. The molecule has 3 heteroatoms. The minimum Gasteiger partial charge on any atom is -0.448 e. The first-order chi connectivity index (χ1) is 17.7. The van der Waals surface area contributed by atoms with Gasteiger partial charge >= 0.3 is 6.09 Å². The predicted octanol–water partition coefficient (Wildman–Crippen LogP) is 7.71. The van der Waals surface area contributed by atoms with Crippen LogP contribution in [0.1, 0.15) is 81.3 Å². The highest BCUT2D eigenvalue weighted by atomic mass is 16.6. The number of hydrogen-bond donors (Lipinski definition) is 0. The molecule has 5 fully saturated rings. The lowest BCUT2D eigenvalue weighted by Gasteiger charge is -2.59. The highest BCUT2D eigenvalue weighted by molar-refractivity contribution is 5.79. The standard InChI is InChI=1S/C33H37NO2/c35-32(36-20-31-29-10-3-1-8-27(29)28-9-2-4-11-30(28)31)34-25-6-5-7-26(34)16-24(15-25)33-17-21-12-22(18-33)14-23(13-21)19-33/h1-4,8-11,15,21-23,25-26,31H,5-7,12-14,16-20H2. The highest BCUT2D eigenvalue weighted by Gasteiger charge is 2.54. The molecule has 0 spiro atoms. The van der Waals surface area contributed by atoms with Gasteiger partial charge in [0.2, 0.25) is 0 Å². The molecule has 1 amide bonds. The Labute approximate surface area is 214 Å². The van der Waals surface area contributed by atoms with Gasteiger partial charge in [0, 0.05) is 12.0 Å². The summed E-state index contributed by atoms with van der Waals surface area (Å²) >= 11 is 0. The quantitative estimate of drug-likeness (QED) is 0.422. The van der Waals surface area contributed by atoms with Gasteiger partial charge in [-0.2, -0.15) is 0 Å². The summed E-state index contributed by atoms with van der Waals surface area (Å²) in [6, 6.07) is 17.8. The molecule has 5 aliphatic carbocycles. The average Bonchev–Trinajstić information content (AvgIpc) is 3.19. The molecule has 9 rings (SSSR count). The lowest BCUT2D eigenvalue weighted by atomic mass is 9.47. The van der Waals surface area contributed by atoms with E-state index in [1.54, 1.807) is 5.57 Å². The first-order valence-corrected chi connectivity index (χ1v) is 14.5. The Morgan fingerprint density at radius 1 is 0.861 bits per heavy atom. The van der Waals surface area contributed by atoms with E-state index < -0.39 is 0 Å². The van der Waals surface area contributed by atoms with E-state index in [0.29, 0.717) is 18.1 Å². The summed E-state index contributed by atoms with van der Waals surface area (Å²) in [5.74, 6) is 3.04. The molecule has 7 aliphatic rings. The second kappa shape index (κ2) is 7.97. The molecule has 1 saturated heterocycles. The molecule has 2 aromatic carbocycles. The second-order valence-electron chi connectivity index (χ2n) is 13.0. The minimum absolute atomic E-state index is 0.0904. The van der Waals surface area contributed by atoms with Crippen LogP contribution in [0.4, 0.5) is 4.79 Å². The molecule has 186 valence electrons. The third-order valence-corrected chi connectivity index (χ3v) is 10.9. The Balaban J connectivity index is 1.03. The summed E-state index contributed by atoms with van der Waals surface area (Å²) in [6.45, 7) is 0.425. The molecule has 2 atom stereocenters. The molecule has 0 aromatic heterocycles. The molecule has 0 radical (unpaired) electrons. The number of carbonyl (C=O) groups excluding carboxylic acids is 1. The smallest absolute Gasteiger partial charge is 0.410 e. The maximum absolute atomic E-state index is 13.6. The fourth-order valence-corrected chi connectivity index (χ4v) is 9.88. The van der Waals surface area contributed by atoms with Crippen molar-refractivity contribution in [2.45, 2.75) is 82.2 Å². The van der Waals surface area contributed by atoms with Gasteiger partial charge in [-0.3, -0.25) is 4.90 Å². The van der Waals surface area contributed by atoms with Crippen molar-refractivity contribution >= 4 is 6.09 Å². The Morgan fingerprint density at radius 3 is 2.08 bits per heavy atom. The Bertz CT molecular complexity index is 1160. The van der Waals surface area contributed by atoms with E-state index in [9.17, 15) is 4.79 Å². The number of benzene rings is 2. The topological polar surface area (TPSA) is 29.5 Å². The number of ether oxygens (including phenoxy) is 1. The van der Waals surface area contributed by atoms with Gasteiger partial charge in [-0.25, -0.2) is 4.79 Å². The van der Waals surface area contributed by atoms with E-state index in [1.165, 1.54) is 67.2 Å². The molecular weight excluding hydrogens is 442 g/mol. The van der Waals surface area contributed by atoms with Crippen LogP contribution < -0.4 is 0 Å². The maximum Gasteiger partial charge on any atom is 0.410 e. The summed E-state index contributed by atoms with van der Waals surface area (Å²) in [5.41, 5.74) is 7.34. The van der Waals surface area contributed by atoms with Crippen LogP contribution in [0.5, 0.6) is 0 Å². The Hall–Kier alpha value is -2.55. The van der Waals surface area contributed by atoms with Crippen LogP contribution in [-0.4, -0.2) is 29.7 Å². The van der Waals surface area contributed by atoms with Crippen LogP contribution >= 0.6 is 0 Å². The summed E-state index contributed by atoms with van der Waals surface area (Å²) in [7, 11) is 0. The fourth-order valence-electron chi connectivity index (χ4n) is 9.88. The van der Waals surface area contributed by atoms with Crippen LogP contribution in [0.15, 0.2) is 60.2 Å². The van der Waals surface area contributed by atoms with Crippen LogP contribution in [-0.2, 0) is 4.74 Å². The normalized spacial score (nSPS) is 35.8. The SMILES string of the molecule is O=C(OCC1c2ccccc2-c2ccccc21)N1C2C=C(C34CC5CC(CC(C5)C3)C4)CC1CCC2. The molecule has 3 nitrogen and oxygen atoms in total. The van der Waals surface area contributed by atoms with Crippen molar-refractivity contribution in [2.24, 2.45) is 23.2 Å². The third kappa shape index (κ3) is 3.20. The predicted molar refractivity (Wildman–Crippen MR) is 142 cm³/mol. The summed E-state index contributed by atoms with van der Waals surface area (Å²) in [4.78, 5) is 15.8. The number of hydrogen-bond acceptors (Lipinski definition) is 2.